The van der Waals surface area contributed by atoms with Gasteiger partial charge in [0.15, 0.2) is 0 Å². The zero-order valence-electron chi connectivity index (χ0n) is 9.10. The van der Waals surface area contributed by atoms with Crippen molar-refractivity contribution in [3.63, 3.8) is 0 Å². The summed E-state index contributed by atoms with van der Waals surface area (Å²) < 4.78 is 5.95. The molecule has 1 heterocycles. The number of hydrogen-bond acceptors (Lipinski definition) is 1. The van der Waals surface area contributed by atoms with Crippen LogP contribution in [-0.2, 0) is 0 Å². The van der Waals surface area contributed by atoms with E-state index < -0.39 is 0 Å². The molecule has 1 aromatic heterocycles. The van der Waals surface area contributed by atoms with Crippen molar-refractivity contribution in [1.82, 2.24) is 0 Å². The first-order valence-corrected chi connectivity index (χ1v) is 5.64. The first-order chi connectivity index (χ1) is 8.43. The van der Waals surface area contributed by atoms with E-state index >= 15 is 0 Å². The van der Waals surface area contributed by atoms with Crippen molar-refractivity contribution in [2.24, 2.45) is 0 Å². The summed E-state index contributed by atoms with van der Waals surface area (Å²) in [4.78, 5) is 0. The average Bonchev–Trinajstić information content (AvgIpc) is 2.78. The monoisotopic (exact) mass is 217 g/mol. The van der Waals surface area contributed by atoms with Gasteiger partial charge in [0.05, 0.1) is 0 Å². The molecule has 0 fully saturated rings. The lowest BCUT2D eigenvalue weighted by Gasteiger charge is -1.96. The molecule has 1 radical (unpaired) electrons. The Morgan fingerprint density at radius 3 is 2.65 bits per heavy atom. The van der Waals surface area contributed by atoms with Crippen molar-refractivity contribution in [3.05, 3.63) is 60.7 Å². The Morgan fingerprint density at radius 2 is 1.65 bits per heavy atom. The zero-order valence-corrected chi connectivity index (χ0v) is 9.10. The third kappa shape index (κ3) is 1.14. The van der Waals surface area contributed by atoms with Crippen LogP contribution >= 0.6 is 0 Å². The maximum atomic E-state index is 5.95. The van der Waals surface area contributed by atoms with Gasteiger partial charge >= 0.3 is 0 Å². The topological polar surface area (TPSA) is 13.1 Å². The van der Waals surface area contributed by atoms with Gasteiger partial charge in [0.25, 0.3) is 0 Å². The van der Waals surface area contributed by atoms with Gasteiger partial charge in [-0.1, -0.05) is 42.5 Å². The largest absolute Gasteiger partial charge is 0.455 e. The van der Waals surface area contributed by atoms with Gasteiger partial charge in [-0.3, -0.25) is 0 Å². The summed E-state index contributed by atoms with van der Waals surface area (Å²) in [6.07, 6.45) is 0. The van der Waals surface area contributed by atoms with Crippen LogP contribution in [-0.4, -0.2) is 0 Å². The van der Waals surface area contributed by atoms with Crippen molar-refractivity contribution in [1.29, 1.82) is 0 Å². The summed E-state index contributed by atoms with van der Waals surface area (Å²) in [6, 6.07) is 21.6. The van der Waals surface area contributed by atoms with E-state index in [-0.39, 0.29) is 0 Å². The van der Waals surface area contributed by atoms with Crippen LogP contribution in [0.5, 0.6) is 0 Å². The molecule has 4 aromatic rings. The van der Waals surface area contributed by atoms with Gasteiger partial charge < -0.3 is 4.42 Å². The van der Waals surface area contributed by atoms with Crippen molar-refractivity contribution in [2.45, 2.75) is 0 Å². The third-order valence-electron chi connectivity index (χ3n) is 3.18. The zero-order chi connectivity index (χ0) is 11.2. The maximum absolute atomic E-state index is 5.95. The lowest BCUT2D eigenvalue weighted by molar-refractivity contribution is 0.672. The summed E-state index contributed by atoms with van der Waals surface area (Å²) in [5.41, 5.74) is 1.90. The highest BCUT2D eigenvalue weighted by Crippen LogP contribution is 2.33. The number of rotatable bonds is 0. The molecule has 0 aliphatic rings. The molecule has 0 spiro atoms. The Kier molecular flexibility index (Phi) is 1.61. The quantitative estimate of drug-likeness (QED) is 0.421. The number of para-hydroxylation sites is 1. The smallest absolute Gasteiger partial charge is 0.143 e. The van der Waals surface area contributed by atoms with E-state index in [2.05, 4.69) is 30.3 Å². The van der Waals surface area contributed by atoms with Crippen LogP contribution in [0.2, 0.25) is 0 Å². The van der Waals surface area contributed by atoms with Crippen LogP contribution in [0.25, 0.3) is 32.7 Å². The molecule has 0 aliphatic carbocycles. The number of furan rings is 1. The van der Waals surface area contributed by atoms with Gasteiger partial charge in [-0.25, -0.2) is 0 Å². The van der Waals surface area contributed by atoms with Gasteiger partial charge in [0, 0.05) is 16.2 Å². The normalized spacial score (nSPS) is 11.5. The summed E-state index contributed by atoms with van der Waals surface area (Å²) in [7, 11) is 0. The van der Waals surface area contributed by atoms with Crippen LogP contribution in [0.3, 0.4) is 0 Å². The highest BCUT2D eigenvalue weighted by Gasteiger charge is 2.08. The predicted octanol–water partition coefficient (Wildman–Crippen LogP) is 4.54. The molecule has 17 heavy (non-hydrogen) atoms. The van der Waals surface area contributed by atoms with E-state index in [9.17, 15) is 0 Å². The van der Waals surface area contributed by atoms with Gasteiger partial charge in [0.1, 0.15) is 11.2 Å². The van der Waals surface area contributed by atoms with Crippen molar-refractivity contribution in [3.8, 4) is 0 Å². The molecule has 0 N–H and O–H groups in total. The van der Waals surface area contributed by atoms with Crippen molar-refractivity contribution < 1.29 is 4.42 Å². The molecule has 0 saturated heterocycles. The first-order valence-electron chi connectivity index (χ1n) is 5.64. The summed E-state index contributed by atoms with van der Waals surface area (Å²) in [5.74, 6) is 0. The minimum atomic E-state index is 0.943. The van der Waals surface area contributed by atoms with E-state index in [0.29, 0.717) is 0 Å². The van der Waals surface area contributed by atoms with Crippen molar-refractivity contribution >= 4 is 32.7 Å². The molecule has 0 unspecified atom stereocenters. The minimum absolute atomic E-state index is 0.943. The van der Waals surface area contributed by atoms with E-state index in [1.54, 1.807) is 0 Å². The second-order valence-electron chi connectivity index (χ2n) is 4.17. The summed E-state index contributed by atoms with van der Waals surface area (Å²) in [6.45, 7) is 0. The van der Waals surface area contributed by atoms with E-state index in [1.807, 2.05) is 30.3 Å². The summed E-state index contributed by atoms with van der Waals surface area (Å²) >= 11 is 0. The highest BCUT2D eigenvalue weighted by atomic mass is 16.3. The molecule has 1 heteroatoms. The SMILES string of the molecule is [c]1cccc2c1ccc1c3ccccc3oc21. The Bertz CT molecular complexity index is 840. The van der Waals surface area contributed by atoms with Crippen LogP contribution < -0.4 is 0 Å². The van der Waals surface area contributed by atoms with Gasteiger partial charge in [0.2, 0.25) is 0 Å². The molecule has 0 aliphatic heterocycles. The molecule has 1 nitrogen and oxygen atoms in total. The van der Waals surface area contributed by atoms with Crippen LogP contribution in [0.15, 0.2) is 59.0 Å². The molecule has 0 bridgehead atoms. The predicted molar refractivity (Wildman–Crippen MR) is 70.1 cm³/mol. The fourth-order valence-corrected chi connectivity index (χ4v) is 2.38. The van der Waals surface area contributed by atoms with Gasteiger partial charge in [-0.2, -0.15) is 0 Å². The lowest BCUT2D eigenvalue weighted by atomic mass is 10.1. The van der Waals surface area contributed by atoms with E-state index in [4.69, 9.17) is 4.42 Å². The van der Waals surface area contributed by atoms with Gasteiger partial charge in [-0.05, 0) is 23.6 Å². The number of hydrogen-bond donors (Lipinski definition) is 0. The molecule has 4 rings (SSSR count). The second kappa shape index (κ2) is 3.11. The molecular weight excluding hydrogens is 208 g/mol. The number of benzene rings is 3. The van der Waals surface area contributed by atoms with Crippen LogP contribution in [0, 0.1) is 6.07 Å². The fourth-order valence-electron chi connectivity index (χ4n) is 2.38. The Hall–Kier alpha value is -2.28. The molecule has 79 valence electrons. The van der Waals surface area contributed by atoms with E-state index in [1.165, 1.54) is 10.8 Å². The summed E-state index contributed by atoms with van der Waals surface area (Å²) in [5, 5.41) is 4.57. The maximum Gasteiger partial charge on any atom is 0.143 e. The van der Waals surface area contributed by atoms with E-state index in [0.717, 1.165) is 21.9 Å². The Balaban J connectivity index is 2.34. The molecule has 0 atom stereocenters. The number of fused-ring (bicyclic) bond motifs is 5. The lowest BCUT2D eigenvalue weighted by Crippen LogP contribution is -1.72. The fraction of sp³-hybridized carbons (Fsp3) is 0. The van der Waals surface area contributed by atoms with Crippen LogP contribution in [0.4, 0.5) is 0 Å². The standard InChI is InChI=1S/C16H9O/c1-2-6-12-11(5-1)9-10-14-13-7-3-4-8-15(13)17-16(12)14/h1-4,6-10H. The highest BCUT2D eigenvalue weighted by molar-refractivity contribution is 6.14. The molecule has 0 saturated carbocycles. The third-order valence-corrected chi connectivity index (χ3v) is 3.18. The van der Waals surface area contributed by atoms with Crippen molar-refractivity contribution in [2.75, 3.05) is 0 Å². The molecular formula is C16H9O. The average molecular weight is 217 g/mol. The first kappa shape index (κ1) is 8.82. The van der Waals surface area contributed by atoms with Gasteiger partial charge in [-0.15, -0.1) is 0 Å². The Labute approximate surface area is 98.3 Å². The minimum Gasteiger partial charge on any atom is -0.455 e. The Morgan fingerprint density at radius 1 is 0.765 bits per heavy atom. The second-order valence-corrected chi connectivity index (χ2v) is 4.17. The molecule has 0 amide bonds. The van der Waals surface area contributed by atoms with Crippen LogP contribution in [0.1, 0.15) is 0 Å². The molecule has 3 aromatic carbocycles.